The maximum Gasteiger partial charge on any atom is 0.155 e. The standard InChI is InChI=1S/C19H20N4O/c1-23-12-16(11-22-23)13-4-5-14-10-21-17(8-15(14)7-13)9-19(24)18-3-2-6-20-18/h4-5,7-8,10-12,18,20H,2-3,6,9H2,1H3/t18-/m1/s1. The van der Waals surface area contributed by atoms with Crippen LogP contribution in [0.3, 0.4) is 0 Å². The summed E-state index contributed by atoms with van der Waals surface area (Å²) in [5.74, 6) is 0.239. The van der Waals surface area contributed by atoms with Crippen LogP contribution in [0.15, 0.2) is 42.9 Å². The monoisotopic (exact) mass is 320 g/mol. The number of pyridine rings is 1. The summed E-state index contributed by atoms with van der Waals surface area (Å²) in [6, 6.07) is 8.31. The Morgan fingerprint density at radius 1 is 1.25 bits per heavy atom. The number of nitrogens with zero attached hydrogens (tertiary/aromatic N) is 3. The molecule has 0 saturated carbocycles. The van der Waals surface area contributed by atoms with Gasteiger partial charge in [-0.1, -0.05) is 12.1 Å². The van der Waals surface area contributed by atoms with Crippen LogP contribution < -0.4 is 5.32 Å². The predicted octanol–water partition coefficient (Wildman–Crippen LogP) is 2.50. The predicted molar refractivity (Wildman–Crippen MR) is 93.7 cm³/mol. The Morgan fingerprint density at radius 2 is 2.17 bits per heavy atom. The SMILES string of the molecule is Cn1cc(-c2ccc3cnc(CC(=O)[C@H]4CCCN4)cc3c2)cn1. The first-order valence-corrected chi connectivity index (χ1v) is 8.33. The molecule has 2 aromatic heterocycles. The van der Waals surface area contributed by atoms with Gasteiger partial charge in [-0.3, -0.25) is 14.5 Å². The molecule has 5 nitrogen and oxygen atoms in total. The van der Waals surface area contributed by atoms with Crippen molar-refractivity contribution in [3.05, 3.63) is 48.5 Å². The number of fused-ring (bicyclic) bond motifs is 1. The van der Waals surface area contributed by atoms with Crippen LogP contribution in [-0.4, -0.2) is 33.1 Å². The van der Waals surface area contributed by atoms with Gasteiger partial charge in [0.25, 0.3) is 0 Å². The van der Waals surface area contributed by atoms with Gasteiger partial charge in [0, 0.05) is 36.1 Å². The third kappa shape index (κ3) is 2.95. The minimum Gasteiger partial charge on any atom is -0.307 e. The molecule has 1 N–H and O–H groups in total. The lowest BCUT2D eigenvalue weighted by molar-refractivity contribution is -0.120. The summed E-state index contributed by atoms with van der Waals surface area (Å²) >= 11 is 0. The number of ketones is 1. The zero-order chi connectivity index (χ0) is 16.5. The first-order valence-electron chi connectivity index (χ1n) is 8.33. The van der Waals surface area contributed by atoms with E-state index in [2.05, 4.69) is 33.6 Å². The van der Waals surface area contributed by atoms with Gasteiger partial charge >= 0.3 is 0 Å². The van der Waals surface area contributed by atoms with E-state index in [0.29, 0.717) is 6.42 Å². The van der Waals surface area contributed by atoms with Crippen LogP contribution in [0.25, 0.3) is 21.9 Å². The maximum atomic E-state index is 12.3. The molecule has 0 amide bonds. The molecule has 0 spiro atoms. The Bertz CT molecular complexity index is 893. The molecule has 122 valence electrons. The topological polar surface area (TPSA) is 59.8 Å². The van der Waals surface area contributed by atoms with E-state index in [-0.39, 0.29) is 11.8 Å². The van der Waals surface area contributed by atoms with Crippen molar-refractivity contribution in [1.82, 2.24) is 20.1 Å². The number of aryl methyl sites for hydroxylation is 1. The van der Waals surface area contributed by atoms with E-state index < -0.39 is 0 Å². The molecule has 0 aliphatic carbocycles. The molecule has 4 rings (SSSR count). The second-order valence-corrected chi connectivity index (χ2v) is 6.43. The maximum absolute atomic E-state index is 12.3. The molecule has 3 aromatic rings. The Morgan fingerprint density at radius 3 is 2.92 bits per heavy atom. The highest BCUT2D eigenvalue weighted by molar-refractivity contribution is 5.89. The van der Waals surface area contributed by atoms with Crippen LogP contribution in [0.1, 0.15) is 18.5 Å². The Hall–Kier alpha value is -2.53. The quantitative estimate of drug-likeness (QED) is 0.802. The minimum absolute atomic E-state index is 0.00391. The average Bonchev–Trinajstić information content (AvgIpc) is 3.25. The fourth-order valence-corrected chi connectivity index (χ4v) is 3.29. The third-order valence-electron chi connectivity index (χ3n) is 4.62. The lowest BCUT2D eigenvalue weighted by Crippen LogP contribution is -2.32. The largest absolute Gasteiger partial charge is 0.307 e. The highest BCUT2D eigenvalue weighted by Crippen LogP contribution is 2.24. The summed E-state index contributed by atoms with van der Waals surface area (Å²) in [4.78, 5) is 16.8. The van der Waals surface area contributed by atoms with Crippen molar-refractivity contribution in [2.24, 2.45) is 7.05 Å². The van der Waals surface area contributed by atoms with Crippen molar-refractivity contribution in [3.63, 3.8) is 0 Å². The molecule has 1 atom stereocenters. The van der Waals surface area contributed by atoms with Gasteiger partial charge in [0.2, 0.25) is 0 Å². The summed E-state index contributed by atoms with van der Waals surface area (Å²) in [5, 5.41) is 9.67. The Balaban J connectivity index is 1.62. The highest BCUT2D eigenvalue weighted by atomic mass is 16.1. The number of hydrogen-bond donors (Lipinski definition) is 1. The molecule has 5 heteroatoms. The molecule has 24 heavy (non-hydrogen) atoms. The van der Waals surface area contributed by atoms with Crippen molar-refractivity contribution < 1.29 is 4.79 Å². The molecule has 1 saturated heterocycles. The third-order valence-corrected chi connectivity index (χ3v) is 4.62. The van der Waals surface area contributed by atoms with Crippen molar-refractivity contribution in [2.45, 2.75) is 25.3 Å². The van der Waals surface area contributed by atoms with E-state index in [4.69, 9.17) is 0 Å². The molecule has 0 bridgehead atoms. The van der Waals surface area contributed by atoms with Crippen LogP contribution in [0.4, 0.5) is 0 Å². The van der Waals surface area contributed by atoms with Crippen LogP contribution in [0.2, 0.25) is 0 Å². The van der Waals surface area contributed by atoms with Crippen molar-refractivity contribution in [3.8, 4) is 11.1 Å². The molecule has 1 aromatic carbocycles. The van der Waals surface area contributed by atoms with Crippen LogP contribution in [0.5, 0.6) is 0 Å². The molecule has 1 fully saturated rings. The molecule has 0 radical (unpaired) electrons. The van der Waals surface area contributed by atoms with E-state index >= 15 is 0 Å². The van der Waals surface area contributed by atoms with Gasteiger partial charge < -0.3 is 5.32 Å². The molecular formula is C19H20N4O. The fraction of sp³-hybridized carbons (Fsp3) is 0.316. The van der Waals surface area contributed by atoms with Gasteiger partial charge in [-0.25, -0.2) is 0 Å². The van der Waals surface area contributed by atoms with Gasteiger partial charge in [0.1, 0.15) is 0 Å². The molecule has 3 heterocycles. The highest BCUT2D eigenvalue weighted by Gasteiger charge is 2.22. The molecule has 0 unspecified atom stereocenters. The zero-order valence-electron chi connectivity index (χ0n) is 13.7. The number of benzene rings is 1. The second kappa shape index (κ2) is 6.17. The number of rotatable bonds is 4. The molecular weight excluding hydrogens is 300 g/mol. The van der Waals surface area contributed by atoms with Gasteiger partial charge in [-0.2, -0.15) is 5.10 Å². The summed E-state index contributed by atoms with van der Waals surface area (Å²) in [6.07, 6.45) is 8.13. The van der Waals surface area contributed by atoms with Crippen LogP contribution in [0, 0.1) is 0 Å². The molecule has 1 aliphatic heterocycles. The number of carbonyl (C=O) groups is 1. The number of hydrogen-bond acceptors (Lipinski definition) is 4. The second-order valence-electron chi connectivity index (χ2n) is 6.43. The smallest absolute Gasteiger partial charge is 0.155 e. The van der Waals surface area contributed by atoms with Gasteiger partial charge in [-0.15, -0.1) is 0 Å². The van der Waals surface area contributed by atoms with Crippen molar-refractivity contribution >= 4 is 16.6 Å². The van der Waals surface area contributed by atoms with E-state index in [1.54, 1.807) is 4.68 Å². The van der Waals surface area contributed by atoms with E-state index in [1.807, 2.05) is 31.7 Å². The van der Waals surface area contributed by atoms with E-state index in [9.17, 15) is 4.79 Å². The van der Waals surface area contributed by atoms with Gasteiger partial charge in [-0.05, 0) is 42.5 Å². The minimum atomic E-state index is 0.00391. The summed E-state index contributed by atoms with van der Waals surface area (Å²) in [6.45, 7) is 0.941. The first kappa shape index (κ1) is 15.0. The van der Waals surface area contributed by atoms with Crippen LogP contribution in [-0.2, 0) is 18.3 Å². The lowest BCUT2D eigenvalue weighted by Gasteiger charge is -2.09. The Labute approximate surface area is 140 Å². The summed E-state index contributed by atoms with van der Waals surface area (Å²) < 4.78 is 1.80. The number of nitrogens with one attached hydrogen (secondary N) is 1. The van der Waals surface area contributed by atoms with Crippen molar-refractivity contribution in [2.75, 3.05) is 6.54 Å². The normalized spacial score (nSPS) is 17.5. The van der Waals surface area contributed by atoms with E-state index in [1.165, 1.54) is 0 Å². The lowest BCUT2D eigenvalue weighted by atomic mass is 10.0. The number of aromatic nitrogens is 3. The fourth-order valence-electron chi connectivity index (χ4n) is 3.29. The van der Waals surface area contributed by atoms with Gasteiger partial charge in [0.05, 0.1) is 18.7 Å². The summed E-state index contributed by atoms with van der Waals surface area (Å²) in [5.41, 5.74) is 3.05. The van der Waals surface area contributed by atoms with Crippen molar-refractivity contribution in [1.29, 1.82) is 0 Å². The molecule has 1 aliphatic rings. The van der Waals surface area contributed by atoms with Crippen LogP contribution >= 0.6 is 0 Å². The average molecular weight is 320 g/mol. The first-order chi connectivity index (χ1) is 11.7. The zero-order valence-corrected chi connectivity index (χ0v) is 13.7. The number of Topliss-reactive ketones (excluding diaryl/α,β-unsaturated/α-hetero) is 1. The van der Waals surface area contributed by atoms with E-state index in [0.717, 1.165) is 47.0 Å². The number of carbonyl (C=O) groups excluding carboxylic acids is 1. The Kier molecular flexibility index (Phi) is 3.86. The summed E-state index contributed by atoms with van der Waals surface area (Å²) in [7, 11) is 1.91. The van der Waals surface area contributed by atoms with Gasteiger partial charge in [0.15, 0.2) is 5.78 Å².